The molecule has 20 heavy (non-hydrogen) atoms. The van der Waals surface area contributed by atoms with Crippen molar-refractivity contribution >= 4 is 11.6 Å². The monoisotopic (exact) mass is 295 g/mol. The number of aryl methyl sites for hydroxylation is 1. The van der Waals surface area contributed by atoms with Crippen molar-refractivity contribution in [3.05, 3.63) is 52.8 Å². The Labute approximate surface area is 123 Å². The third kappa shape index (κ3) is 3.38. The maximum Gasteiger partial charge on any atom is 0.146 e. The highest BCUT2D eigenvalue weighted by Gasteiger charge is 2.19. The highest BCUT2D eigenvalue weighted by molar-refractivity contribution is 6.30. The Hall–Kier alpha value is -1.39. The van der Waals surface area contributed by atoms with Crippen molar-refractivity contribution in [2.75, 3.05) is 6.54 Å². The molecule has 0 saturated carbocycles. The number of halogens is 2. The van der Waals surface area contributed by atoms with E-state index in [1.807, 2.05) is 17.8 Å². The first-order valence-electron chi connectivity index (χ1n) is 6.77. The fraction of sp³-hybridized carbons (Fsp3) is 0.400. The van der Waals surface area contributed by atoms with E-state index in [0.29, 0.717) is 12.0 Å². The van der Waals surface area contributed by atoms with E-state index >= 15 is 0 Å². The summed E-state index contributed by atoms with van der Waals surface area (Å²) in [5.41, 5.74) is 0.592. The number of nitrogens with one attached hydrogen (secondary N) is 1. The molecule has 1 aromatic carbocycles. The Kier molecular flexibility index (Phi) is 5.15. The standard InChI is InChI=1S/C15H19ClFN3/c1-3-7-18-13(10-14-19-8-9-20(14)2)11-5-4-6-12(16)15(11)17/h4-6,8-9,13,18H,3,7,10H2,1-2H3. The molecule has 0 aliphatic heterocycles. The second-order valence-corrected chi connectivity index (χ2v) is 5.22. The van der Waals surface area contributed by atoms with E-state index in [9.17, 15) is 4.39 Å². The van der Waals surface area contributed by atoms with Gasteiger partial charge in [0.15, 0.2) is 0 Å². The second-order valence-electron chi connectivity index (χ2n) is 4.81. The van der Waals surface area contributed by atoms with Crippen LogP contribution in [0.25, 0.3) is 0 Å². The molecule has 0 spiro atoms. The minimum absolute atomic E-state index is 0.130. The van der Waals surface area contributed by atoms with E-state index in [1.54, 1.807) is 24.4 Å². The Morgan fingerprint density at radius 3 is 2.90 bits per heavy atom. The minimum atomic E-state index is -0.350. The summed E-state index contributed by atoms with van der Waals surface area (Å²) in [6.07, 6.45) is 5.25. The predicted molar refractivity (Wildman–Crippen MR) is 79.4 cm³/mol. The number of hydrogen-bond donors (Lipinski definition) is 1. The number of aromatic nitrogens is 2. The van der Waals surface area contributed by atoms with Crippen molar-refractivity contribution in [3.8, 4) is 0 Å². The van der Waals surface area contributed by atoms with Gasteiger partial charge in [-0.3, -0.25) is 0 Å². The van der Waals surface area contributed by atoms with E-state index < -0.39 is 0 Å². The molecular formula is C15H19ClFN3. The molecule has 0 bridgehead atoms. The van der Waals surface area contributed by atoms with Gasteiger partial charge in [0.05, 0.1) is 5.02 Å². The van der Waals surface area contributed by atoms with Crippen molar-refractivity contribution in [1.29, 1.82) is 0 Å². The Balaban J connectivity index is 2.27. The molecule has 2 rings (SSSR count). The summed E-state index contributed by atoms with van der Waals surface area (Å²) in [6.45, 7) is 2.90. The summed E-state index contributed by atoms with van der Waals surface area (Å²) < 4.78 is 16.2. The summed E-state index contributed by atoms with van der Waals surface area (Å²) in [6, 6.07) is 4.99. The van der Waals surface area contributed by atoms with Crippen LogP contribution in [-0.4, -0.2) is 16.1 Å². The Bertz CT molecular complexity index is 568. The van der Waals surface area contributed by atoms with Gasteiger partial charge < -0.3 is 9.88 Å². The molecule has 1 aromatic heterocycles. The number of imidazole rings is 1. The quantitative estimate of drug-likeness (QED) is 0.884. The van der Waals surface area contributed by atoms with Gasteiger partial charge in [0.25, 0.3) is 0 Å². The number of rotatable bonds is 6. The molecule has 5 heteroatoms. The Morgan fingerprint density at radius 1 is 1.45 bits per heavy atom. The lowest BCUT2D eigenvalue weighted by atomic mass is 10.0. The zero-order valence-electron chi connectivity index (χ0n) is 11.7. The van der Waals surface area contributed by atoms with Gasteiger partial charge in [-0.1, -0.05) is 30.7 Å². The van der Waals surface area contributed by atoms with Crippen LogP contribution in [0.5, 0.6) is 0 Å². The van der Waals surface area contributed by atoms with Crippen LogP contribution in [-0.2, 0) is 13.5 Å². The first-order chi connectivity index (χ1) is 9.63. The fourth-order valence-corrected chi connectivity index (χ4v) is 2.36. The molecule has 108 valence electrons. The number of nitrogens with zero attached hydrogens (tertiary/aromatic N) is 2. The first kappa shape index (κ1) is 15.0. The second kappa shape index (κ2) is 6.86. The average molecular weight is 296 g/mol. The van der Waals surface area contributed by atoms with Crippen LogP contribution < -0.4 is 5.32 Å². The van der Waals surface area contributed by atoms with Gasteiger partial charge in [0.1, 0.15) is 11.6 Å². The van der Waals surface area contributed by atoms with Crippen LogP contribution in [0.15, 0.2) is 30.6 Å². The van der Waals surface area contributed by atoms with Crippen LogP contribution >= 0.6 is 11.6 Å². The molecule has 1 atom stereocenters. The minimum Gasteiger partial charge on any atom is -0.338 e. The first-order valence-corrected chi connectivity index (χ1v) is 7.14. The SMILES string of the molecule is CCCNC(Cc1nccn1C)c1cccc(Cl)c1F. The summed E-state index contributed by atoms with van der Waals surface area (Å²) in [4.78, 5) is 4.31. The summed E-state index contributed by atoms with van der Waals surface area (Å²) in [5.74, 6) is 0.565. The molecule has 1 N–H and O–H groups in total. The van der Waals surface area contributed by atoms with E-state index in [0.717, 1.165) is 18.8 Å². The van der Waals surface area contributed by atoms with E-state index in [2.05, 4.69) is 17.2 Å². The molecule has 1 unspecified atom stereocenters. The molecule has 0 aliphatic carbocycles. The molecule has 2 aromatic rings. The highest BCUT2D eigenvalue weighted by atomic mass is 35.5. The van der Waals surface area contributed by atoms with Crippen LogP contribution in [0.3, 0.4) is 0 Å². The molecular weight excluding hydrogens is 277 g/mol. The largest absolute Gasteiger partial charge is 0.338 e. The van der Waals surface area contributed by atoms with Crippen molar-refractivity contribution in [2.24, 2.45) is 7.05 Å². The molecule has 0 fully saturated rings. The van der Waals surface area contributed by atoms with E-state index in [4.69, 9.17) is 11.6 Å². The number of hydrogen-bond acceptors (Lipinski definition) is 2. The lowest BCUT2D eigenvalue weighted by Crippen LogP contribution is -2.26. The van der Waals surface area contributed by atoms with Gasteiger partial charge in [-0.15, -0.1) is 0 Å². The zero-order valence-corrected chi connectivity index (χ0v) is 12.5. The molecule has 0 aliphatic rings. The summed E-state index contributed by atoms with van der Waals surface area (Å²) in [7, 11) is 1.94. The van der Waals surface area contributed by atoms with Crippen molar-refractivity contribution < 1.29 is 4.39 Å². The van der Waals surface area contributed by atoms with Gasteiger partial charge in [-0.2, -0.15) is 0 Å². The fourth-order valence-electron chi connectivity index (χ4n) is 2.18. The van der Waals surface area contributed by atoms with Crippen molar-refractivity contribution in [1.82, 2.24) is 14.9 Å². The maximum absolute atomic E-state index is 14.2. The normalized spacial score (nSPS) is 12.6. The van der Waals surface area contributed by atoms with Gasteiger partial charge in [-0.25, -0.2) is 9.37 Å². The summed E-state index contributed by atoms with van der Waals surface area (Å²) >= 11 is 5.88. The lowest BCUT2D eigenvalue weighted by Gasteiger charge is -2.20. The van der Waals surface area contributed by atoms with Crippen LogP contribution in [0.1, 0.15) is 30.8 Å². The molecule has 0 saturated heterocycles. The Morgan fingerprint density at radius 2 is 2.25 bits per heavy atom. The topological polar surface area (TPSA) is 29.9 Å². The number of benzene rings is 1. The van der Waals surface area contributed by atoms with Gasteiger partial charge in [-0.05, 0) is 19.0 Å². The molecule has 1 heterocycles. The van der Waals surface area contributed by atoms with E-state index in [-0.39, 0.29) is 16.9 Å². The van der Waals surface area contributed by atoms with Crippen molar-refractivity contribution in [3.63, 3.8) is 0 Å². The van der Waals surface area contributed by atoms with Gasteiger partial charge in [0, 0.05) is 37.5 Å². The average Bonchev–Trinajstić information content (AvgIpc) is 2.83. The third-order valence-electron chi connectivity index (χ3n) is 3.31. The lowest BCUT2D eigenvalue weighted by molar-refractivity contribution is 0.484. The third-order valence-corrected chi connectivity index (χ3v) is 3.60. The maximum atomic E-state index is 14.2. The highest BCUT2D eigenvalue weighted by Crippen LogP contribution is 2.25. The van der Waals surface area contributed by atoms with Gasteiger partial charge >= 0.3 is 0 Å². The van der Waals surface area contributed by atoms with Gasteiger partial charge in [0.2, 0.25) is 0 Å². The smallest absolute Gasteiger partial charge is 0.146 e. The zero-order chi connectivity index (χ0) is 14.5. The van der Waals surface area contributed by atoms with Crippen LogP contribution in [0.4, 0.5) is 4.39 Å². The van der Waals surface area contributed by atoms with Crippen LogP contribution in [0.2, 0.25) is 5.02 Å². The predicted octanol–water partition coefficient (Wildman–Crippen LogP) is 3.50. The molecule has 0 amide bonds. The molecule has 3 nitrogen and oxygen atoms in total. The van der Waals surface area contributed by atoms with E-state index in [1.165, 1.54) is 0 Å². The van der Waals surface area contributed by atoms with Crippen molar-refractivity contribution in [2.45, 2.75) is 25.8 Å². The van der Waals surface area contributed by atoms with Crippen LogP contribution in [0, 0.1) is 5.82 Å². The molecule has 0 radical (unpaired) electrons. The summed E-state index contributed by atoms with van der Waals surface area (Å²) in [5, 5.41) is 3.53.